The van der Waals surface area contributed by atoms with Crippen molar-refractivity contribution in [3.05, 3.63) is 81.5 Å². The first kappa shape index (κ1) is 25.6. The van der Waals surface area contributed by atoms with Gasteiger partial charge in [0.05, 0.1) is 23.8 Å². The summed E-state index contributed by atoms with van der Waals surface area (Å²) in [6.45, 7) is 6.63. The molecule has 1 aliphatic carbocycles. The fourth-order valence-electron chi connectivity index (χ4n) is 4.47. The maximum absolute atomic E-state index is 14.2. The number of amides is 2. The van der Waals surface area contributed by atoms with E-state index in [1.54, 1.807) is 30.3 Å². The third-order valence-electron chi connectivity index (χ3n) is 6.63. The molecule has 0 bridgehead atoms. The van der Waals surface area contributed by atoms with Gasteiger partial charge in [0.15, 0.2) is 0 Å². The minimum atomic E-state index is -0.624. The summed E-state index contributed by atoms with van der Waals surface area (Å²) < 4.78 is 19.0. The van der Waals surface area contributed by atoms with Crippen LogP contribution in [-0.4, -0.2) is 24.9 Å². The van der Waals surface area contributed by atoms with Crippen molar-refractivity contribution < 1.29 is 23.5 Å². The maximum Gasteiger partial charge on any atom is 0.337 e. The average molecular weight is 509 g/mol. The van der Waals surface area contributed by atoms with Crippen LogP contribution in [0, 0.1) is 17.2 Å². The molecule has 1 heterocycles. The molecule has 0 aliphatic heterocycles. The second kappa shape index (κ2) is 10.2. The lowest BCUT2D eigenvalue weighted by Gasteiger charge is -2.33. The normalized spacial score (nSPS) is 15.1. The number of methoxy groups -OCH3 is 1. The molecule has 2 N–H and O–H groups in total. The van der Waals surface area contributed by atoms with Crippen molar-refractivity contribution in [1.82, 2.24) is 0 Å². The lowest BCUT2D eigenvalue weighted by atomic mass is 9.72. The van der Waals surface area contributed by atoms with Gasteiger partial charge in [0.2, 0.25) is 0 Å². The Morgan fingerprint density at radius 1 is 1.00 bits per heavy atom. The van der Waals surface area contributed by atoms with E-state index in [0.29, 0.717) is 34.2 Å². The van der Waals surface area contributed by atoms with Crippen molar-refractivity contribution in [2.24, 2.45) is 11.3 Å². The summed E-state index contributed by atoms with van der Waals surface area (Å²) in [5.41, 5.74) is 2.23. The molecule has 0 fully saturated rings. The first-order valence-electron chi connectivity index (χ1n) is 11.8. The van der Waals surface area contributed by atoms with E-state index in [4.69, 9.17) is 4.74 Å². The molecule has 8 heteroatoms. The number of carbonyl (C=O) groups excluding carboxylic acids is 3. The molecule has 1 aromatic heterocycles. The van der Waals surface area contributed by atoms with Gasteiger partial charge >= 0.3 is 5.97 Å². The number of halogens is 1. The molecule has 1 aliphatic rings. The second-order valence-electron chi connectivity index (χ2n) is 9.97. The number of thiophene rings is 1. The highest BCUT2D eigenvalue weighted by Gasteiger charge is 2.34. The number of esters is 1. The van der Waals surface area contributed by atoms with Gasteiger partial charge in [-0.25, -0.2) is 9.18 Å². The smallest absolute Gasteiger partial charge is 0.337 e. The third-order valence-corrected chi connectivity index (χ3v) is 7.80. The maximum atomic E-state index is 14.2. The molecule has 36 heavy (non-hydrogen) atoms. The largest absolute Gasteiger partial charge is 0.465 e. The van der Waals surface area contributed by atoms with Crippen LogP contribution in [0.15, 0.2) is 48.5 Å². The molecule has 2 aromatic carbocycles. The zero-order valence-corrected chi connectivity index (χ0v) is 21.6. The van der Waals surface area contributed by atoms with Gasteiger partial charge in [0, 0.05) is 10.6 Å². The Hall–Kier alpha value is -3.52. The Morgan fingerprint density at radius 2 is 1.69 bits per heavy atom. The van der Waals surface area contributed by atoms with E-state index in [9.17, 15) is 18.8 Å². The van der Waals surface area contributed by atoms with E-state index in [1.807, 2.05) is 0 Å². The highest BCUT2D eigenvalue weighted by molar-refractivity contribution is 7.17. The summed E-state index contributed by atoms with van der Waals surface area (Å²) in [4.78, 5) is 39.2. The molecule has 0 saturated heterocycles. The molecule has 0 radical (unpaired) electrons. The van der Waals surface area contributed by atoms with Crippen molar-refractivity contribution >= 4 is 39.8 Å². The molecule has 2 amide bonds. The van der Waals surface area contributed by atoms with Crippen LogP contribution in [-0.2, 0) is 17.6 Å². The summed E-state index contributed by atoms with van der Waals surface area (Å²) in [5, 5.41) is 6.08. The summed E-state index contributed by atoms with van der Waals surface area (Å²) >= 11 is 1.38. The number of rotatable bonds is 5. The van der Waals surface area contributed by atoms with Crippen molar-refractivity contribution in [3.63, 3.8) is 0 Å². The summed E-state index contributed by atoms with van der Waals surface area (Å²) in [6.07, 6.45) is 2.46. The highest BCUT2D eigenvalue weighted by atomic mass is 32.1. The molecular weight excluding hydrogens is 479 g/mol. The lowest BCUT2D eigenvalue weighted by molar-refractivity contribution is 0.0600. The minimum absolute atomic E-state index is 0.0822. The minimum Gasteiger partial charge on any atom is -0.465 e. The van der Waals surface area contributed by atoms with Crippen molar-refractivity contribution in [2.45, 2.75) is 40.0 Å². The number of carbonyl (C=O) groups is 3. The van der Waals surface area contributed by atoms with Crippen LogP contribution in [0.4, 0.5) is 15.1 Å². The topological polar surface area (TPSA) is 84.5 Å². The molecule has 3 aromatic rings. The number of benzene rings is 2. The molecule has 188 valence electrons. The van der Waals surface area contributed by atoms with E-state index in [2.05, 4.69) is 31.4 Å². The van der Waals surface area contributed by atoms with Gasteiger partial charge in [-0.3, -0.25) is 9.59 Å². The highest BCUT2D eigenvalue weighted by Crippen LogP contribution is 2.44. The van der Waals surface area contributed by atoms with Crippen LogP contribution in [0.25, 0.3) is 0 Å². The SMILES string of the molecule is COC(=O)c1ccc(NC(=O)c2c(NC(=O)c3ccccc3F)sc3c2CC[C@@H](C(C)(C)C)C3)cc1. The van der Waals surface area contributed by atoms with Gasteiger partial charge in [-0.2, -0.15) is 0 Å². The predicted octanol–water partition coefficient (Wildman–Crippen LogP) is 6.33. The first-order chi connectivity index (χ1) is 17.1. The molecule has 0 spiro atoms. The number of hydrogen-bond donors (Lipinski definition) is 2. The van der Waals surface area contributed by atoms with E-state index in [1.165, 1.54) is 36.6 Å². The Labute approximate surface area is 213 Å². The zero-order valence-electron chi connectivity index (χ0n) is 20.7. The zero-order chi connectivity index (χ0) is 26.0. The summed E-state index contributed by atoms with van der Waals surface area (Å²) in [6, 6.07) is 12.1. The van der Waals surface area contributed by atoms with Gasteiger partial charge < -0.3 is 15.4 Å². The fraction of sp³-hybridized carbons (Fsp3) is 0.321. The molecule has 4 rings (SSSR count). The number of fused-ring (bicyclic) bond motifs is 1. The van der Waals surface area contributed by atoms with Crippen LogP contribution in [0.1, 0.15) is 68.7 Å². The number of hydrogen-bond acceptors (Lipinski definition) is 5. The van der Waals surface area contributed by atoms with E-state index in [-0.39, 0.29) is 16.9 Å². The summed E-state index contributed by atoms with van der Waals surface area (Å²) in [7, 11) is 1.30. The van der Waals surface area contributed by atoms with Crippen LogP contribution in [0.3, 0.4) is 0 Å². The summed E-state index contributed by atoms with van der Waals surface area (Å²) in [5.74, 6) is -1.61. The third kappa shape index (κ3) is 5.33. The van der Waals surface area contributed by atoms with E-state index in [0.717, 1.165) is 23.3 Å². The average Bonchev–Trinajstić information content (AvgIpc) is 3.20. The van der Waals surface area contributed by atoms with Gasteiger partial charge in [0.1, 0.15) is 10.8 Å². The Balaban J connectivity index is 1.66. The second-order valence-corrected chi connectivity index (χ2v) is 11.1. The van der Waals surface area contributed by atoms with E-state index < -0.39 is 17.7 Å². The van der Waals surface area contributed by atoms with Crippen LogP contribution in [0.5, 0.6) is 0 Å². The van der Waals surface area contributed by atoms with E-state index >= 15 is 0 Å². The number of ether oxygens (including phenoxy) is 1. The van der Waals surface area contributed by atoms with Crippen LogP contribution in [0.2, 0.25) is 0 Å². The van der Waals surface area contributed by atoms with Gasteiger partial charge in [-0.15, -0.1) is 11.3 Å². The standard InChI is InChI=1S/C28H29FN2O4S/c1-28(2,3)17-11-14-20-22(15-17)36-26(31-24(32)19-7-5-6-8-21(19)29)23(20)25(33)30-18-12-9-16(10-13-18)27(34)35-4/h5-10,12-13,17H,11,14-15H2,1-4H3,(H,30,33)(H,31,32)/t17-/m1/s1. The predicted molar refractivity (Wildman–Crippen MR) is 139 cm³/mol. The number of nitrogens with one attached hydrogen (secondary N) is 2. The molecular formula is C28H29FN2O4S. The fourth-order valence-corrected chi connectivity index (χ4v) is 5.79. The molecule has 1 atom stereocenters. The van der Waals surface area contributed by atoms with Gasteiger partial charge in [-0.1, -0.05) is 32.9 Å². The molecule has 0 saturated carbocycles. The van der Waals surface area contributed by atoms with Crippen molar-refractivity contribution in [3.8, 4) is 0 Å². The lowest BCUT2D eigenvalue weighted by Crippen LogP contribution is -2.27. The monoisotopic (exact) mass is 508 g/mol. The molecule has 0 unspecified atom stereocenters. The van der Waals surface area contributed by atoms with Crippen molar-refractivity contribution in [1.29, 1.82) is 0 Å². The van der Waals surface area contributed by atoms with Crippen molar-refractivity contribution in [2.75, 3.05) is 17.7 Å². The Kier molecular flexibility index (Phi) is 7.26. The Morgan fingerprint density at radius 3 is 2.33 bits per heavy atom. The van der Waals surface area contributed by atoms with Gasteiger partial charge in [-0.05, 0) is 72.6 Å². The quantitative estimate of drug-likeness (QED) is 0.395. The van der Waals surface area contributed by atoms with Gasteiger partial charge in [0.25, 0.3) is 11.8 Å². The number of anilines is 2. The first-order valence-corrected chi connectivity index (χ1v) is 12.6. The Bertz CT molecular complexity index is 1310. The van der Waals surface area contributed by atoms with Crippen LogP contribution >= 0.6 is 11.3 Å². The molecule has 6 nitrogen and oxygen atoms in total. The van der Waals surface area contributed by atoms with Crippen LogP contribution < -0.4 is 10.6 Å².